The van der Waals surface area contributed by atoms with E-state index in [2.05, 4.69) is 10.3 Å². The van der Waals surface area contributed by atoms with Crippen molar-refractivity contribution in [2.24, 2.45) is 0 Å². The molecule has 3 heteroatoms. The average molecular weight is 152 g/mol. The van der Waals surface area contributed by atoms with Crippen LogP contribution in [-0.2, 0) is 11.2 Å². The van der Waals surface area contributed by atoms with Gasteiger partial charge >= 0.3 is 0 Å². The summed E-state index contributed by atoms with van der Waals surface area (Å²) in [5, 5.41) is 2.57. The Morgan fingerprint density at radius 2 is 2.55 bits per heavy atom. The largest absolute Gasteiger partial charge is 0.365 e. The van der Waals surface area contributed by atoms with Gasteiger partial charge in [-0.05, 0) is 18.6 Å². The predicted octanol–water partition coefficient (Wildman–Crippen LogP) is 0.693. The highest BCUT2D eigenvalue weighted by Crippen LogP contribution is 1.98. The van der Waals surface area contributed by atoms with Gasteiger partial charge in [-0.25, -0.2) is 0 Å². The van der Waals surface area contributed by atoms with Crippen molar-refractivity contribution in [3.63, 3.8) is 0 Å². The number of carbonyl (C=O) groups excluding carboxylic acids is 1. The zero-order valence-corrected chi connectivity index (χ0v) is 6.55. The third-order valence-corrected chi connectivity index (χ3v) is 1.56. The zero-order chi connectivity index (χ0) is 8.10. The fourth-order valence-corrected chi connectivity index (χ4v) is 0.896. The van der Waals surface area contributed by atoms with Crippen LogP contribution in [0.4, 0.5) is 0 Å². The second kappa shape index (κ2) is 3.81. The molecule has 60 valence electrons. The van der Waals surface area contributed by atoms with Crippen LogP contribution < -0.4 is 5.32 Å². The molecule has 0 radical (unpaired) electrons. The summed E-state index contributed by atoms with van der Waals surface area (Å²) in [6.45, 7) is 0. The van der Waals surface area contributed by atoms with Gasteiger partial charge in [0.25, 0.3) is 0 Å². The maximum Gasteiger partial charge on any atom is 0.220 e. The minimum Gasteiger partial charge on any atom is -0.365 e. The Morgan fingerprint density at radius 1 is 1.73 bits per heavy atom. The van der Waals surface area contributed by atoms with E-state index >= 15 is 0 Å². The first kappa shape index (κ1) is 7.85. The molecule has 0 saturated heterocycles. The van der Waals surface area contributed by atoms with Crippen molar-refractivity contribution in [2.75, 3.05) is 7.05 Å². The normalized spacial score (nSPS) is 9.55. The van der Waals surface area contributed by atoms with Gasteiger partial charge in [0.1, 0.15) is 0 Å². The molecule has 0 atom stereocenters. The quantitative estimate of drug-likeness (QED) is 0.657. The van der Waals surface area contributed by atoms with Gasteiger partial charge < -0.3 is 10.3 Å². The van der Waals surface area contributed by atoms with Crippen LogP contribution in [0.3, 0.4) is 0 Å². The van der Waals surface area contributed by atoms with E-state index in [1.54, 1.807) is 7.05 Å². The number of aromatic nitrogens is 1. The zero-order valence-electron chi connectivity index (χ0n) is 6.55. The number of hydrogen-bond acceptors (Lipinski definition) is 1. The summed E-state index contributed by atoms with van der Waals surface area (Å²) in [4.78, 5) is 13.8. The molecular weight excluding hydrogens is 140 g/mol. The lowest BCUT2D eigenvalue weighted by atomic mass is 10.2. The standard InChI is InChI=1S/C8H12N2O/c1-9-8(11)5-4-7-3-2-6-10-7/h2-3,6,10H,4-5H2,1H3,(H,9,11). The van der Waals surface area contributed by atoms with Gasteiger partial charge in [0, 0.05) is 25.4 Å². The predicted molar refractivity (Wildman–Crippen MR) is 43.2 cm³/mol. The van der Waals surface area contributed by atoms with E-state index in [1.165, 1.54) is 0 Å². The Bertz CT molecular complexity index is 216. The first-order chi connectivity index (χ1) is 5.33. The highest BCUT2D eigenvalue weighted by atomic mass is 16.1. The Labute approximate surface area is 65.8 Å². The lowest BCUT2D eigenvalue weighted by Gasteiger charge is -1.96. The van der Waals surface area contributed by atoms with Crippen molar-refractivity contribution in [2.45, 2.75) is 12.8 Å². The molecular formula is C8H12N2O. The highest BCUT2D eigenvalue weighted by molar-refractivity contribution is 5.75. The van der Waals surface area contributed by atoms with Crippen molar-refractivity contribution >= 4 is 5.91 Å². The van der Waals surface area contributed by atoms with E-state index in [4.69, 9.17) is 0 Å². The maximum atomic E-state index is 10.8. The molecule has 0 fully saturated rings. The van der Waals surface area contributed by atoms with Crippen molar-refractivity contribution in [1.82, 2.24) is 10.3 Å². The summed E-state index contributed by atoms with van der Waals surface area (Å²) in [7, 11) is 1.65. The first-order valence-electron chi connectivity index (χ1n) is 3.66. The Hall–Kier alpha value is -1.25. The number of aryl methyl sites for hydroxylation is 1. The molecule has 11 heavy (non-hydrogen) atoms. The van der Waals surface area contributed by atoms with Gasteiger partial charge in [-0.15, -0.1) is 0 Å². The number of H-pyrrole nitrogens is 1. The molecule has 0 aliphatic rings. The van der Waals surface area contributed by atoms with E-state index in [1.807, 2.05) is 18.3 Å². The monoisotopic (exact) mass is 152 g/mol. The summed E-state index contributed by atoms with van der Waals surface area (Å²) >= 11 is 0. The Kier molecular flexibility index (Phi) is 2.72. The van der Waals surface area contributed by atoms with Gasteiger partial charge in [0.05, 0.1) is 0 Å². The van der Waals surface area contributed by atoms with Crippen LogP contribution in [0.5, 0.6) is 0 Å². The summed E-state index contributed by atoms with van der Waals surface area (Å²) in [6.07, 6.45) is 3.20. The Balaban J connectivity index is 2.29. The van der Waals surface area contributed by atoms with Gasteiger partial charge in [0.15, 0.2) is 0 Å². The second-order valence-electron chi connectivity index (χ2n) is 2.37. The molecule has 0 aliphatic heterocycles. The number of hydrogen-bond donors (Lipinski definition) is 2. The molecule has 0 aliphatic carbocycles. The third-order valence-electron chi connectivity index (χ3n) is 1.56. The molecule has 0 saturated carbocycles. The van der Waals surface area contributed by atoms with Crippen molar-refractivity contribution in [3.8, 4) is 0 Å². The van der Waals surface area contributed by atoms with Crippen LogP contribution in [-0.4, -0.2) is 17.9 Å². The number of aromatic amines is 1. The van der Waals surface area contributed by atoms with Crippen LogP contribution in [0.15, 0.2) is 18.3 Å². The molecule has 0 unspecified atom stereocenters. The maximum absolute atomic E-state index is 10.8. The molecule has 1 heterocycles. The number of rotatable bonds is 3. The van der Waals surface area contributed by atoms with Gasteiger partial charge in [-0.2, -0.15) is 0 Å². The van der Waals surface area contributed by atoms with Gasteiger partial charge in [-0.3, -0.25) is 4.79 Å². The number of amides is 1. The summed E-state index contributed by atoms with van der Waals surface area (Å²) < 4.78 is 0. The number of nitrogens with one attached hydrogen (secondary N) is 2. The minimum atomic E-state index is 0.0830. The SMILES string of the molecule is CNC(=O)CCc1ccc[nH]1. The molecule has 0 bridgehead atoms. The van der Waals surface area contributed by atoms with Crippen LogP contribution in [0.2, 0.25) is 0 Å². The van der Waals surface area contributed by atoms with Gasteiger partial charge in [0.2, 0.25) is 5.91 Å². The van der Waals surface area contributed by atoms with E-state index < -0.39 is 0 Å². The smallest absolute Gasteiger partial charge is 0.220 e. The molecule has 1 aromatic heterocycles. The van der Waals surface area contributed by atoms with E-state index in [0.29, 0.717) is 6.42 Å². The average Bonchev–Trinajstić information content (AvgIpc) is 2.52. The summed E-state index contributed by atoms with van der Waals surface area (Å²) in [5.74, 6) is 0.0830. The molecule has 1 aromatic rings. The first-order valence-corrected chi connectivity index (χ1v) is 3.66. The molecule has 0 spiro atoms. The van der Waals surface area contributed by atoms with E-state index in [0.717, 1.165) is 12.1 Å². The second-order valence-corrected chi connectivity index (χ2v) is 2.37. The van der Waals surface area contributed by atoms with Crippen LogP contribution >= 0.6 is 0 Å². The Morgan fingerprint density at radius 3 is 3.09 bits per heavy atom. The molecule has 1 rings (SSSR count). The number of carbonyl (C=O) groups is 1. The summed E-state index contributed by atoms with van der Waals surface area (Å²) in [6, 6.07) is 3.90. The van der Waals surface area contributed by atoms with Gasteiger partial charge in [-0.1, -0.05) is 0 Å². The molecule has 0 aromatic carbocycles. The van der Waals surface area contributed by atoms with E-state index in [-0.39, 0.29) is 5.91 Å². The summed E-state index contributed by atoms with van der Waals surface area (Å²) in [5.41, 5.74) is 1.11. The van der Waals surface area contributed by atoms with Crippen molar-refractivity contribution in [3.05, 3.63) is 24.0 Å². The molecule has 2 N–H and O–H groups in total. The third kappa shape index (κ3) is 2.45. The van der Waals surface area contributed by atoms with Crippen LogP contribution in [0.1, 0.15) is 12.1 Å². The van der Waals surface area contributed by atoms with Crippen molar-refractivity contribution < 1.29 is 4.79 Å². The topological polar surface area (TPSA) is 44.9 Å². The fourth-order valence-electron chi connectivity index (χ4n) is 0.896. The fraction of sp³-hybridized carbons (Fsp3) is 0.375. The van der Waals surface area contributed by atoms with Crippen LogP contribution in [0, 0.1) is 0 Å². The van der Waals surface area contributed by atoms with Crippen molar-refractivity contribution in [1.29, 1.82) is 0 Å². The highest BCUT2D eigenvalue weighted by Gasteiger charge is 1.98. The molecule has 3 nitrogen and oxygen atoms in total. The van der Waals surface area contributed by atoms with Crippen LogP contribution in [0.25, 0.3) is 0 Å². The van der Waals surface area contributed by atoms with E-state index in [9.17, 15) is 4.79 Å². The molecule has 1 amide bonds. The lowest BCUT2D eigenvalue weighted by molar-refractivity contribution is -0.120. The lowest BCUT2D eigenvalue weighted by Crippen LogP contribution is -2.17. The minimum absolute atomic E-state index is 0.0830.